The molecule has 3 aromatic carbocycles. The third kappa shape index (κ3) is 7.14. The van der Waals surface area contributed by atoms with Crippen LogP contribution in [0, 0.1) is 6.92 Å². The number of carbonyl (C=O) groups is 2. The van der Waals surface area contributed by atoms with Gasteiger partial charge in [0.25, 0.3) is 10.0 Å². The Kier molecular flexibility index (Phi) is 10.3. The molecule has 1 N–H and O–H groups in total. The van der Waals surface area contributed by atoms with Crippen LogP contribution in [0.4, 0.5) is 5.69 Å². The van der Waals surface area contributed by atoms with Gasteiger partial charge in [-0.15, -0.1) is 0 Å². The van der Waals surface area contributed by atoms with Crippen LogP contribution in [-0.4, -0.2) is 44.3 Å². The smallest absolute Gasteiger partial charge is 0.264 e. The summed E-state index contributed by atoms with van der Waals surface area (Å²) < 4.78 is 28.8. The van der Waals surface area contributed by atoms with Crippen molar-refractivity contribution >= 4 is 39.1 Å². The number of benzene rings is 3. The van der Waals surface area contributed by atoms with Crippen LogP contribution in [0.3, 0.4) is 0 Å². The third-order valence-electron chi connectivity index (χ3n) is 6.20. The quantitative estimate of drug-likeness (QED) is 0.334. The molecule has 0 aliphatic heterocycles. The van der Waals surface area contributed by atoms with E-state index in [0.717, 1.165) is 16.3 Å². The molecule has 9 heteroatoms. The number of nitrogens with one attached hydrogen (secondary N) is 1. The van der Waals surface area contributed by atoms with E-state index in [4.69, 9.17) is 11.6 Å². The van der Waals surface area contributed by atoms with E-state index in [2.05, 4.69) is 5.32 Å². The molecule has 0 radical (unpaired) electrons. The molecule has 0 fully saturated rings. The lowest BCUT2D eigenvalue weighted by Crippen LogP contribution is -2.52. The number of sulfonamides is 1. The Morgan fingerprint density at radius 1 is 0.921 bits per heavy atom. The Bertz CT molecular complexity index is 1330. The zero-order valence-electron chi connectivity index (χ0n) is 21.9. The summed E-state index contributed by atoms with van der Waals surface area (Å²) in [6.07, 6.45) is 1.14. The van der Waals surface area contributed by atoms with Crippen molar-refractivity contribution in [2.75, 3.05) is 17.4 Å². The average molecular weight is 556 g/mol. The maximum Gasteiger partial charge on any atom is 0.264 e. The molecule has 3 aromatic rings. The SMILES string of the molecule is CCCNC(=O)C(CC)N(Cc1ccccc1)C(=O)CN(c1ccccc1C)S(=O)(=O)c1ccc(Cl)cc1. The van der Waals surface area contributed by atoms with Crippen LogP contribution in [0.1, 0.15) is 37.8 Å². The van der Waals surface area contributed by atoms with Gasteiger partial charge in [-0.05, 0) is 61.2 Å². The second kappa shape index (κ2) is 13.4. The number of para-hydroxylation sites is 1. The third-order valence-corrected chi connectivity index (χ3v) is 8.22. The Balaban J connectivity index is 2.05. The topological polar surface area (TPSA) is 86.8 Å². The van der Waals surface area contributed by atoms with Gasteiger partial charge < -0.3 is 10.2 Å². The first kappa shape index (κ1) is 29.2. The summed E-state index contributed by atoms with van der Waals surface area (Å²) in [6, 6.07) is 21.4. The number of nitrogens with zero attached hydrogens (tertiary/aromatic N) is 2. The molecule has 3 rings (SSSR count). The number of rotatable bonds is 12. The average Bonchev–Trinajstić information content (AvgIpc) is 2.91. The van der Waals surface area contributed by atoms with Crippen molar-refractivity contribution in [3.8, 4) is 0 Å². The normalized spacial score (nSPS) is 12.0. The van der Waals surface area contributed by atoms with Crippen molar-refractivity contribution in [1.82, 2.24) is 10.2 Å². The standard InChI is InChI=1S/C29H34ClN3O4S/c1-4-19-31-29(35)26(5-2)32(20-23-12-7-6-8-13-23)28(34)21-33(27-14-10-9-11-22(27)3)38(36,37)25-17-15-24(30)16-18-25/h6-18,26H,4-5,19-21H2,1-3H3,(H,31,35). The van der Waals surface area contributed by atoms with E-state index in [0.29, 0.717) is 29.2 Å². The van der Waals surface area contributed by atoms with E-state index in [-0.39, 0.29) is 17.3 Å². The van der Waals surface area contributed by atoms with Gasteiger partial charge in [-0.25, -0.2) is 8.42 Å². The fourth-order valence-electron chi connectivity index (χ4n) is 4.16. The van der Waals surface area contributed by atoms with Crippen molar-refractivity contribution in [3.63, 3.8) is 0 Å². The molecule has 202 valence electrons. The highest BCUT2D eigenvalue weighted by molar-refractivity contribution is 7.92. The summed E-state index contributed by atoms with van der Waals surface area (Å²) in [5.41, 5.74) is 1.92. The number of hydrogen-bond acceptors (Lipinski definition) is 4. The minimum Gasteiger partial charge on any atom is -0.354 e. The molecule has 0 aliphatic rings. The van der Waals surface area contributed by atoms with Gasteiger partial charge in [0.2, 0.25) is 11.8 Å². The number of carbonyl (C=O) groups excluding carboxylic acids is 2. The van der Waals surface area contributed by atoms with Crippen LogP contribution in [-0.2, 0) is 26.2 Å². The minimum absolute atomic E-state index is 0.0142. The molecule has 1 unspecified atom stereocenters. The number of halogens is 1. The van der Waals surface area contributed by atoms with E-state index in [9.17, 15) is 18.0 Å². The predicted octanol–water partition coefficient (Wildman–Crippen LogP) is 5.18. The van der Waals surface area contributed by atoms with Crippen molar-refractivity contribution in [2.45, 2.75) is 51.1 Å². The predicted molar refractivity (Wildman–Crippen MR) is 152 cm³/mol. The molecule has 0 saturated carbocycles. The summed E-state index contributed by atoms with van der Waals surface area (Å²) >= 11 is 6.00. The van der Waals surface area contributed by atoms with Crippen molar-refractivity contribution < 1.29 is 18.0 Å². The maximum absolute atomic E-state index is 14.0. The highest BCUT2D eigenvalue weighted by atomic mass is 35.5. The van der Waals surface area contributed by atoms with E-state index in [1.807, 2.05) is 44.2 Å². The van der Waals surface area contributed by atoms with Crippen LogP contribution in [0.2, 0.25) is 5.02 Å². The second-order valence-corrected chi connectivity index (χ2v) is 11.3. The van der Waals surface area contributed by atoms with Crippen LogP contribution in [0.15, 0.2) is 83.8 Å². The number of hydrogen-bond donors (Lipinski definition) is 1. The Hall–Kier alpha value is -3.36. The zero-order chi connectivity index (χ0) is 27.7. The van der Waals surface area contributed by atoms with Crippen LogP contribution < -0.4 is 9.62 Å². The Morgan fingerprint density at radius 3 is 2.16 bits per heavy atom. The molecular weight excluding hydrogens is 522 g/mol. The van der Waals surface area contributed by atoms with Gasteiger partial charge in [0.1, 0.15) is 12.6 Å². The molecule has 7 nitrogen and oxygen atoms in total. The van der Waals surface area contributed by atoms with E-state index < -0.39 is 28.5 Å². The van der Waals surface area contributed by atoms with Gasteiger partial charge in [0, 0.05) is 18.1 Å². The molecule has 2 amide bonds. The minimum atomic E-state index is -4.14. The molecule has 38 heavy (non-hydrogen) atoms. The Morgan fingerprint density at radius 2 is 1.55 bits per heavy atom. The summed E-state index contributed by atoms with van der Waals surface area (Å²) in [5.74, 6) is -0.741. The van der Waals surface area contributed by atoms with Gasteiger partial charge in [-0.3, -0.25) is 13.9 Å². The lowest BCUT2D eigenvalue weighted by molar-refractivity contribution is -0.140. The molecule has 1 atom stereocenters. The molecule has 0 saturated heterocycles. The van der Waals surface area contributed by atoms with Gasteiger partial charge in [-0.2, -0.15) is 0 Å². The van der Waals surface area contributed by atoms with Crippen LogP contribution >= 0.6 is 11.6 Å². The molecule has 0 bridgehead atoms. The fraction of sp³-hybridized carbons (Fsp3) is 0.310. The van der Waals surface area contributed by atoms with Crippen molar-refractivity contribution in [2.24, 2.45) is 0 Å². The van der Waals surface area contributed by atoms with E-state index in [1.165, 1.54) is 29.2 Å². The molecule has 0 spiro atoms. The summed E-state index contributed by atoms with van der Waals surface area (Å²) in [7, 11) is -4.14. The lowest BCUT2D eigenvalue weighted by atomic mass is 10.1. The fourth-order valence-corrected chi connectivity index (χ4v) is 5.76. The summed E-state index contributed by atoms with van der Waals surface area (Å²) in [5, 5.41) is 3.29. The Labute approximate surface area is 230 Å². The van der Waals surface area contributed by atoms with Gasteiger partial charge >= 0.3 is 0 Å². The molecule has 0 heterocycles. The first-order chi connectivity index (χ1) is 18.2. The number of amides is 2. The van der Waals surface area contributed by atoms with Crippen molar-refractivity contribution in [3.05, 3.63) is 95.0 Å². The van der Waals surface area contributed by atoms with Crippen molar-refractivity contribution in [1.29, 1.82) is 0 Å². The summed E-state index contributed by atoms with van der Waals surface area (Å²) in [4.78, 5) is 28.5. The second-order valence-electron chi connectivity index (χ2n) is 8.97. The van der Waals surface area contributed by atoms with E-state index >= 15 is 0 Å². The zero-order valence-corrected chi connectivity index (χ0v) is 23.5. The van der Waals surface area contributed by atoms with Gasteiger partial charge in [0.15, 0.2) is 0 Å². The van der Waals surface area contributed by atoms with Crippen LogP contribution in [0.5, 0.6) is 0 Å². The number of aryl methyl sites for hydroxylation is 1. The first-order valence-corrected chi connectivity index (χ1v) is 14.5. The molecule has 0 aromatic heterocycles. The van der Waals surface area contributed by atoms with Gasteiger partial charge in [-0.1, -0.05) is 74.0 Å². The van der Waals surface area contributed by atoms with Crippen LogP contribution in [0.25, 0.3) is 0 Å². The highest BCUT2D eigenvalue weighted by Crippen LogP contribution is 2.28. The lowest BCUT2D eigenvalue weighted by Gasteiger charge is -2.33. The van der Waals surface area contributed by atoms with Gasteiger partial charge in [0.05, 0.1) is 10.6 Å². The largest absolute Gasteiger partial charge is 0.354 e. The maximum atomic E-state index is 14.0. The molecule has 0 aliphatic carbocycles. The van der Waals surface area contributed by atoms with E-state index in [1.54, 1.807) is 31.2 Å². The molecular formula is C29H34ClN3O4S. The number of anilines is 1. The summed E-state index contributed by atoms with van der Waals surface area (Å²) in [6.45, 7) is 5.77. The first-order valence-electron chi connectivity index (χ1n) is 12.6. The monoisotopic (exact) mass is 555 g/mol. The highest BCUT2D eigenvalue weighted by Gasteiger charge is 2.34.